The van der Waals surface area contributed by atoms with Crippen LogP contribution in [0, 0.1) is 0 Å². The van der Waals surface area contributed by atoms with E-state index in [0.717, 1.165) is 26.0 Å². The van der Waals surface area contributed by atoms with E-state index in [2.05, 4.69) is 48.4 Å². The molecule has 2 N–H and O–H groups in total. The average Bonchev–Trinajstić information content (AvgIpc) is 3.16. The molecular formula is C46H90N2O5. The predicted octanol–water partition coefficient (Wildman–Crippen LogP) is 12.5. The van der Waals surface area contributed by atoms with Crippen molar-refractivity contribution < 1.29 is 24.1 Å². The number of allylic oxidation sites excluding steroid dienone is 4. The number of unbranched alkanes of at least 4 members (excludes halogenated alkanes) is 24. The number of aliphatic hydroxyl groups excluding tert-OH is 1. The van der Waals surface area contributed by atoms with Crippen LogP contribution in [0.1, 0.15) is 201 Å². The van der Waals surface area contributed by atoms with Crippen LogP contribution in [0.3, 0.4) is 0 Å². The van der Waals surface area contributed by atoms with Crippen molar-refractivity contribution in [3.63, 3.8) is 0 Å². The number of likely N-dealkylation sites (N-methyl/N-ethyl adjacent to an activating group) is 1. The van der Waals surface area contributed by atoms with Crippen molar-refractivity contribution in [1.29, 1.82) is 0 Å². The van der Waals surface area contributed by atoms with Crippen molar-refractivity contribution in [1.82, 2.24) is 10.2 Å². The molecule has 7 nitrogen and oxygen atoms in total. The molecule has 0 heterocycles. The Balaban J connectivity index is 4.10. The van der Waals surface area contributed by atoms with Gasteiger partial charge in [-0.2, -0.15) is 0 Å². The van der Waals surface area contributed by atoms with Gasteiger partial charge in [-0.3, -0.25) is 4.90 Å². The lowest BCUT2D eigenvalue weighted by atomic mass is 10.1. The van der Waals surface area contributed by atoms with Crippen LogP contribution in [0.2, 0.25) is 0 Å². The molecule has 0 saturated carbocycles. The molecule has 0 spiro atoms. The number of nitrogens with one attached hydrogen (secondary N) is 1. The summed E-state index contributed by atoms with van der Waals surface area (Å²) < 4.78 is 17.7. The van der Waals surface area contributed by atoms with E-state index in [0.29, 0.717) is 32.8 Å². The van der Waals surface area contributed by atoms with E-state index in [1.165, 1.54) is 167 Å². The molecule has 1 atom stereocenters. The van der Waals surface area contributed by atoms with Gasteiger partial charge in [0.15, 0.2) is 0 Å². The van der Waals surface area contributed by atoms with Crippen LogP contribution in [-0.2, 0) is 14.2 Å². The number of hydrogen-bond acceptors (Lipinski definition) is 6. The Morgan fingerprint density at radius 1 is 0.566 bits per heavy atom. The lowest BCUT2D eigenvalue weighted by Crippen LogP contribution is -2.37. The molecule has 0 aliphatic heterocycles. The Morgan fingerprint density at radius 2 is 1.00 bits per heavy atom. The maximum atomic E-state index is 12.3. The molecule has 314 valence electrons. The molecule has 0 rings (SSSR count). The highest BCUT2D eigenvalue weighted by Crippen LogP contribution is 2.12. The molecular weight excluding hydrogens is 661 g/mol. The second-order valence-corrected chi connectivity index (χ2v) is 15.1. The number of aliphatic hydroxyl groups is 1. The fourth-order valence-corrected chi connectivity index (χ4v) is 6.52. The smallest absolute Gasteiger partial charge is 0.407 e. The predicted molar refractivity (Wildman–Crippen MR) is 228 cm³/mol. The van der Waals surface area contributed by atoms with Crippen LogP contribution in [0.4, 0.5) is 4.79 Å². The molecule has 1 unspecified atom stereocenters. The standard InChI is InChI=1S/C46H90N2O5/c1-4-7-9-11-13-15-17-19-21-23-25-27-29-31-33-35-41-51-43-45(44-53-46(50)47-37-38-48(6-3)39-40-49)52-42-36-34-32-30-28-26-24-22-20-18-16-14-12-10-8-5-2/h19-22,45,49H,4-18,23-44H2,1-3H3,(H,47,50). The average molecular weight is 751 g/mol. The summed E-state index contributed by atoms with van der Waals surface area (Å²) in [5.74, 6) is 0. The van der Waals surface area contributed by atoms with Gasteiger partial charge < -0.3 is 24.6 Å². The zero-order chi connectivity index (χ0) is 38.6. The fourth-order valence-electron chi connectivity index (χ4n) is 6.52. The summed E-state index contributed by atoms with van der Waals surface area (Å²) in [5, 5.41) is 12.0. The number of alkyl carbamates (subject to hydrolysis) is 1. The van der Waals surface area contributed by atoms with E-state index in [9.17, 15) is 9.90 Å². The summed E-state index contributed by atoms with van der Waals surface area (Å²) in [6.07, 6.45) is 45.0. The Morgan fingerprint density at radius 3 is 1.45 bits per heavy atom. The van der Waals surface area contributed by atoms with Crippen molar-refractivity contribution in [2.75, 3.05) is 59.2 Å². The number of rotatable bonds is 43. The van der Waals surface area contributed by atoms with Gasteiger partial charge in [0.1, 0.15) is 12.7 Å². The van der Waals surface area contributed by atoms with Gasteiger partial charge in [-0.25, -0.2) is 4.79 Å². The maximum Gasteiger partial charge on any atom is 0.407 e. The van der Waals surface area contributed by atoms with Gasteiger partial charge in [0, 0.05) is 32.8 Å². The van der Waals surface area contributed by atoms with Crippen LogP contribution < -0.4 is 5.32 Å². The van der Waals surface area contributed by atoms with Crippen LogP contribution in [0.25, 0.3) is 0 Å². The van der Waals surface area contributed by atoms with Gasteiger partial charge in [0.05, 0.1) is 13.2 Å². The van der Waals surface area contributed by atoms with Gasteiger partial charge in [-0.1, -0.05) is 161 Å². The molecule has 0 aliphatic carbocycles. The molecule has 1 amide bonds. The molecule has 7 heteroatoms. The summed E-state index contributed by atoms with van der Waals surface area (Å²) >= 11 is 0. The zero-order valence-corrected chi connectivity index (χ0v) is 35.6. The third-order valence-electron chi connectivity index (χ3n) is 10.1. The minimum Gasteiger partial charge on any atom is -0.447 e. The largest absolute Gasteiger partial charge is 0.447 e. The second-order valence-electron chi connectivity index (χ2n) is 15.1. The van der Waals surface area contributed by atoms with Gasteiger partial charge in [-0.05, 0) is 70.8 Å². The number of ether oxygens (including phenoxy) is 3. The number of hydrogen-bond donors (Lipinski definition) is 2. The highest BCUT2D eigenvalue weighted by atomic mass is 16.6. The maximum absolute atomic E-state index is 12.3. The molecule has 0 fully saturated rings. The van der Waals surface area contributed by atoms with E-state index >= 15 is 0 Å². The molecule has 0 aromatic carbocycles. The molecule has 0 bridgehead atoms. The molecule has 0 radical (unpaired) electrons. The minimum absolute atomic E-state index is 0.117. The number of amides is 1. The van der Waals surface area contributed by atoms with Gasteiger partial charge >= 0.3 is 6.09 Å². The number of carbonyl (C=O) groups excluding carboxylic acids is 1. The lowest BCUT2D eigenvalue weighted by Gasteiger charge is -2.20. The van der Waals surface area contributed by atoms with E-state index < -0.39 is 6.09 Å². The Labute approximate surface area is 329 Å². The van der Waals surface area contributed by atoms with Gasteiger partial charge in [-0.15, -0.1) is 0 Å². The lowest BCUT2D eigenvalue weighted by molar-refractivity contribution is -0.0468. The quantitative estimate of drug-likeness (QED) is 0.0477. The second kappa shape index (κ2) is 45.0. The Bertz CT molecular complexity index is 777. The van der Waals surface area contributed by atoms with Gasteiger partial charge in [0.25, 0.3) is 0 Å². The SMILES string of the molecule is CCCCCCCCC=CCCCCCCCCOCC(COC(=O)NCCN(CC)CCO)OCCCCCCCCC=CCCCCCCCC. The van der Waals surface area contributed by atoms with Crippen LogP contribution >= 0.6 is 0 Å². The van der Waals surface area contributed by atoms with Crippen molar-refractivity contribution in [2.45, 2.75) is 207 Å². The van der Waals surface area contributed by atoms with Gasteiger partial charge in [0.2, 0.25) is 0 Å². The third-order valence-corrected chi connectivity index (χ3v) is 10.1. The van der Waals surface area contributed by atoms with Crippen molar-refractivity contribution >= 4 is 6.09 Å². The summed E-state index contributed by atoms with van der Waals surface area (Å²) in [5.41, 5.74) is 0. The first kappa shape index (κ1) is 51.6. The van der Waals surface area contributed by atoms with Crippen molar-refractivity contribution in [3.05, 3.63) is 24.3 Å². The summed E-state index contributed by atoms with van der Waals surface area (Å²) in [7, 11) is 0. The molecule has 53 heavy (non-hydrogen) atoms. The monoisotopic (exact) mass is 751 g/mol. The summed E-state index contributed by atoms with van der Waals surface area (Å²) in [6.45, 7) is 11.4. The van der Waals surface area contributed by atoms with Crippen molar-refractivity contribution in [2.24, 2.45) is 0 Å². The molecule has 0 aromatic heterocycles. The highest BCUT2D eigenvalue weighted by Gasteiger charge is 2.14. The van der Waals surface area contributed by atoms with Crippen LogP contribution in [0.15, 0.2) is 24.3 Å². The normalized spacial score (nSPS) is 12.5. The first-order chi connectivity index (χ1) is 26.2. The topological polar surface area (TPSA) is 80.3 Å². The number of nitrogens with zero attached hydrogens (tertiary/aromatic N) is 1. The van der Waals surface area contributed by atoms with E-state index in [1.54, 1.807) is 0 Å². The van der Waals surface area contributed by atoms with E-state index in [-0.39, 0.29) is 19.3 Å². The Hall–Kier alpha value is -1.41. The van der Waals surface area contributed by atoms with Crippen LogP contribution in [0.5, 0.6) is 0 Å². The fraction of sp³-hybridized carbons (Fsp3) is 0.891. The van der Waals surface area contributed by atoms with Crippen LogP contribution in [-0.4, -0.2) is 81.4 Å². The first-order valence-corrected chi connectivity index (χ1v) is 22.9. The third kappa shape index (κ3) is 41.6. The van der Waals surface area contributed by atoms with Crippen molar-refractivity contribution in [3.8, 4) is 0 Å². The molecule has 0 aliphatic rings. The highest BCUT2D eigenvalue weighted by molar-refractivity contribution is 5.67. The Kier molecular flexibility index (Phi) is 43.8. The van der Waals surface area contributed by atoms with E-state index in [1.807, 2.05) is 6.92 Å². The molecule has 0 aromatic rings. The number of carbonyl (C=O) groups is 1. The summed E-state index contributed by atoms with van der Waals surface area (Å²) in [6, 6.07) is 0. The summed E-state index contributed by atoms with van der Waals surface area (Å²) in [4.78, 5) is 14.4. The first-order valence-electron chi connectivity index (χ1n) is 22.9. The minimum atomic E-state index is -0.427. The zero-order valence-electron chi connectivity index (χ0n) is 35.6. The van der Waals surface area contributed by atoms with E-state index in [4.69, 9.17) is 14.2 Å². The molecule has 0 saturated heterocycles.